The van der Waals surface area contributed by atoms with E-state index in [0.717, 1.165) is 19.3 Å². The molecule has 1 N–H and O–H groups in total. The summed E-state index contributed by atoms with van der Waals surface area (Å²) in [4.78, 5) is 13.7. The Kier molecular flexibility index (Phi) is 4.89. The van der Waals surface area contributed by atoms with Crippen LogP contribution in [0.2, 0.25) is 5.02 Å². The molecule has 0 radical (unpaired) electrons. The number of aliphatic carboxylic acids is 1. The summed E-state index contributed by atoms with van der Waals surface area (Å²) < 4.78 is 5.74. The van der Waals surface area contributed by atoms with Gasteiger partial charge in [0.15, 0.2) is 0 Å². The maximum Gasteiger partial charge on any atom is 0.320 e. The molecule has 4 nitrogen and oxygen atoms in total. The Hall–Kier alpha value is -1.26. The standard InChI is InChI=1S/C17H22ClNO3/c18-13-6-2-4-8-16(13)22-10-9-19-14-7-3-1-5-12(14)11-15(19)17(20)21/h2,4,6,8,12,14-15H,1,3,5,7,9-11H2,(H,20,21)/t12-,14+,15+/m1/s1. The van der Waals surface area contributed by atoms with E-state index in [9.17, 15) is 9.90 Å². The van der Waals surface area contributed by atoms with Crippen molar-refractivity contribution in [3.63, 3.8) is 0 Å². The summed E-state index contributed by atoms with van der Waals surface area (Å²) >= 11 is 6.08. The van der Waals surface area contributed by atoms with Crippen LogP contribution in [0.15, 0.2) is 24.3 Å². The minimum atomic E-state index is -0.702. The summed E-state index contributed by atoms with van der Waals surface area (Å²) in [6, 6.07) is 7.43. The van der Waals surface area contributed by atoms with E-state index in [1.807, 2.05) is 18.2 Å². The van der Waals surface area contributed by atoms with Gasteiger partial charge in [0.25, 0.3) is 0 Å². The zero-order valence-electron chi connectivity index (χ0n) is 12.6. The molecule has 0 aromatic heterocycles. The first-order valence-electron chi connectivity index (χ1n) is 8.02. The highest BCUT2D eigenvalue weighted by Gasteiger charge is 2.44. The van der Waals surface area contributed by atoms with Crippen molar-refractivity contribution in [2.75, 3.05) is 13.2 Å². The Bertz CT molecular complexity index is 536. The van der Waals surface area contributed by atoms with E-state index < -0.39 is 5.97 Å². The third-order valence-corrected chi connectivity index (χ3v) is 5.26. The minimum absolute atomic E-state index is 0.358. The second-order valence-corrected chi connectivity index (χ2v) is 6.63. The van der Waals surface area contributed by atoms with Gasteiger partial charge in [-0.2, -0.15) is 0 Å². The van der Waals surface area contributed by atoms with Crippen LogP contribution in [-0.2, 0) is 4.79 Å². The van der Waals surface area contributed by atoms with Crippen molar-refractivity contribution in [2.24, 2.45) is 5.92 Å². The van der Waals surface area contributed by atoms with Crippen LogP contribution >= 0.6 is 11.6 Å². The van der Waals surface area contributed by atoms with E-state index in [-0.39, 0.29) is 6.04 Å². The number of carbonyl (C=O) groups is 1. The van der Waals surface area contributed by atoms with Crippen LogP contribution in [-0.4, -0.2) is 41.2 Å². The number of benzene rings is 1. The molecule has 0 bridgehead atoms. The van der Waals surface area contributed by atoms with Crippen molar-refractivity contribution in [1.82, 2.24) is 4.90 Å². The monoisotopic (exact) mass is 323 g/mol. The van der Waals surface area contributed by atoms with E-state index in [4.69, 9.17) is 16.3 Å². The fourth-order valence-electron chi connectivity index (χ4n) is 3.94. The number of hydrogen-bond donors (Lipinski definition) is 1. The Morgan fingerprint density at radius 3 is 2.86 bits per heavy atom. The molecule has 2 aliphatic rings. The molecule has 3 atom stereocenters. The molecule has 1 aliphatic heterocycles. The number of hydrogen-bond acceptors (Lipinski definition) is 3. The van der Waals surface area contributed by atoms with Gasteiger partial charge in [0.1, 0.15) is 18.4 Å². The summed E-state index contributed by atoms with van der Waals surface area (Å²) in [5.41, 5.74) is 0. The van der Waals surface area contributed by atoms with Crippen LogP contribution in [0.5, 0.6) is 5.75 Å². The van der Waals surface area contributed by atoms with Gasteiger partial charge in [0.2, 0.25) is 0 Å². The van der Waals surface area contributed by atoms with Gasteiger partial charge >= 0.3 is 5.97 Å². The third kappa shape index (κ3) is 3.23. The van der Waals surface area contributed by atoms with Crippen LogP contribution < -0.4 is 4.74 Å². The number of fused-ring (bicyclic) bond motifs is 1. The van der Waals surface area contributed by atoms with Crippen LogP contribution in [0.25, 0.3) is 0 Å². The topological polar surface area (TPSA) is 49.8 Å². The number of para-hydroxylation sites is 1. The van der Waals surface area contributed by atoms with Crippen molar-refractivity contribution in [3.8, 4) is 5.75 Å². The summed E-state index contributed by atoms with van der Waals surface area (Å²) in [6.45, 7) is 1.11. The van der Waals surface area contributed by atoms with Gasteiger partial charge in [0, 0.05) is 12.6 Å². The molecular weight excluding hydrogens is 302 g/mol. The second kappa shape index (κ2) is 6.88. The number of carboxylic acid groups (broad SMARTS) is 1. The summed E-state index contributed by atoms with van der Waals surface area (Å²) in [7, 11) is 0. The lowest BCUT2D eigenvalue weighted by Crippen LogP contribution is -2.44. The number of nitrogens with zero attached hydrogens (tertiary/aromatic N) is 1. The number of carboxylic acids is 1. The predicted molar refractivity (Wildman–Crippen MR) is 85.4 cm³/mol. The van der Waals surface area contributed by atoms with E-state index >= 15 is 0 Å². The first-order chi connectivity index (χ1) is 10.7. The first kappa shape index (κ1) is 15.6. The van der Waals surface area contributed by atoms with E-state index in [1.165, 1.54) is 12.8 Å². The quantitative estimate of drug-likeness (QED) is 0.902. The molecule has 0 amide bonds. The fourth-order valence-corrected chi connectivity index (χ4v) is 4.13. The molecule has 1 heterocycles. The molecule has 1 aliphatic carbocycles. The summed E-state index contributed by atoms with van der Waals surface area (Å²) in [5.74, 6) is 0.498. The van der Waals surface area contributed by atoms with Crippen LogP contribution in [0, 0.1) is 5.92 Å². The summed E-state index contributed by atoms with van der Waals surface area (Å²) in [5, 5.41) is 10.1. The molecule has 2 fully saturated rings. The van der Waals surface area contributed by atoms with Gasteiger partial charge in [-0.3, -0.25) is 9.69 Å². The fraction of sp³-hybridized carbons (Fsp3) is 0.588. The lowest BCUT2D eigenvalue weighted by molar-refractivity contribution is -0.142. The average Bonchev–Trinajstić information content (AvgIpc) is 2.88. The molecule has 0 unspecified atom stereocenters. The largest absolute Gasteiger partial charge is 0.491 e. The van der Waals surface area contributed by atoms with Gasteiger partial charge in [-0.1, -0.05) is 36.6 Å². The second-order valence-electron chi connectivity index (χ2n) is 6.22. The number of rotatable bonds is 5. The van der Waals surface area contributed by atoms with E-state index in [2.05, 4.69) is 4.90 Å². The molecule has 120 valence electrons. The molecule has 22 heavy (non-hydrogen) atoms. The average molecular weight is 324 g/mol. The smallest absolute Gasteiger partial charge is 0.320 e. The Morgan fingerprint density at radius 2 is 2.09 bits per heavy atom. The molecular formula is C17H22ClNO3. The Morgan fingerprint density at radius 1 is 1.32 bits per heavy atom. The number of likely N-dealkylation sites (tertiary alicyclic amines) is 1. The molecule has 1 aromatic rings. The van der Waals surface area contributed by atoms with E-state index in [1.54, 1.807) is 6.07 Å². The Balaban J connectivity index is 1.61. The van der Waals surface area contributed by atoms with Crippen molar-refractivity contribution in [3.05, 3.63) is 29.3 Å². The molecule has 0 spiro atoms. The van der Waals surface area contributed by atoms with Gasteiger partial charge in [-0.15, -0.1) is 0 Å². The number of halogens is 1. The lowest BCUT2D eigenvalue weighted by atomic mass is 9.85. The van der Waals surface area contributed by atoms with Gasteiger partial charge < -0.3 is 9.84 Å². The van der Waals surface area contributed by atoms with Gasteiger partial charge in [-0.25, -0.2) is 0 Å². The molecule has 1 aromatic carbocycles. The highest BCUT2D eigenvalue weighted by Crippen LogP contribution is 2.39. The minimum Gasteiger partial charge on any atom is -0.491 e. The van der Waals surface area contributed by atoms with Gasteiger partial charge in [0.05, 0.1) is 5.02 Å². The highest BCUT2D eigenvalue weighted by atomic mass is 35.5. The highest BCUT2D eigenvalue weighted by molar-refractivity contribution is 6.32. The SMILES string of the molecule is O=C(O)[C@@H]1C[C@H]2CCCC[C@@H]2N1CCOc1ccccc1Cl. The molecule has 1 saturated heterocycles. The zero-order chi connectivity index (χ0) is 15.5. The normalized spacial score (nSPS) is 28.3. The third-order valence-electron chi connectivity index (χ3n) is 4.95. The Labute approximate surface area is 136 Å². The van der Waals surface area contributed by atoms with Crippen molar-refractivity contribution < 1.29 is 14.6 Å². The van der Waals surface area contributed by atoms with Crippen molar-refractivity contribution in [1.29, 1.82) is 0 Å². The first-order valence-corrected chi connectivity index (χ1v) is 8.40. The van der Waals surface area contributed by atoms with Gasteiger partial charge in [-0.05, 0) is 37.3 Å². The molecule has 1 saturated carbocycles. The van der Waals surface area contributed by atoms with Crippen LogP contribution in [0.3, 0.4) is 0 Å². The van der Waals surface area contributed by atoms with Crippen LogP contribution in [0.1, 0.15) is 32.1 Å². The van der Waals surface area contributed by atoms with Crippen molar-refractivity contribution in [2.45, 2.75) is 44.2 Å². The zero-order valence-corrected chi connectivity index (χ0v) is 13.3. The molecule has 3 rings (SSSR count). The van der Waals surface area contributed by atoms with Crippen LogP contribution in [0.4, 0.5) is 0 Å². The van der Waals surface area contributed by atoms with Crippen molar-refractivity contribution >= 4 is 17.6 Å². The maximum atomic E-state index is 11.5. The molecule has 5 heteroatoms. The lowest BCUT2D eigenvalue weighted by Gasteiger charge is -2.32. The summed E-state index contributed by atoms with van der Waals surface area (Å²) in [6.07, 6.45) is 5.50. The van der Waals surface area contributed by atoms with E-state index in [0.29, 0.717) is 35.9 Å². The maximum absolute atomic E-state index is 11.5. The number of ether oxygens (including phenoxy) is 1. The predicted octanol–water partition coefficient (Wildman–Crippen LogP) is 3.44.